The number of morpholine rings is 1. The van der Waals surface area contributed by atoms with E-state index in [0.29, 0.717) is 39.3 Å². The number of rotatable bonds is 4. The van der Waals surface area contributed by atoms with Crippen LogP contribution in [0.1, 0.15) is 19.8 Å². The lowest BCUT2D eigenvalue weighted by Crippen LogP contribution is -2.46. The van der Waals surface area contributed by atoms with Gasteiger partial charge in [-0.1, -0.05) is 0 Å². The van der Waals surface area contributed by atoms with Crippen molar-refractivity contribution in [3.8, 4) is 0 Å². The zero-order valence-electron chi connectivity index (χ0n) is 12.0. The molecule has 0 bridgehead atoms. The van der Waals surface area contributed by atoms with Crippen molar-refractivity contribution in [2.24, 2.45) is 0 Å². The third-order valence-corrected chi connectivity index (χ3v) is 3.60. The maximum atomic E-state index is 11.9. The van der Waals surface area contributed by atoms with Gasteiger partial charge in [0.2, 0.25) is 5.91 Å². The predicted octanol–water partition coefficient (Wildman–Crippen LogP) is -0.715. The zero-order valence-corrected chi connectivity index (χ0v) is 12.0. The normalized spacial score (nSPS) is 26.4. The summed E-state index contributed by atoms with van der Waals surface area (Å²) >= 11 is 0. The van der Waals surface area contributed by atoms with Crippen LogP contribution in [0.15, 0.2) is 0 Å². The zero-order chi connectivity index (χ0) is 14.4. The number of hydrogen-bond donors (Lipinski definition) is 3. The summed E-state index contributed by atoms with van der Waals surface area (Å²) in [6.45, 7) is 5.90. The highest BCUT2D eigenvalue weighted by Gasteiger charge is 2.27. The van der Waals surface area contributed by atoms with Crippen molar-refractivity contribution in [3.05, 3.63) is 0 Å². The van der Waals surface area contributed by atoms with Gasteiger partial charge in [0.05, 0.1) is 13.2 Å². The van der Waals surface area contributed by atoms with Crippen molar-refractivity contribution in [1.82, 2.24) is 20.9 Å². The molecule has 0 aromatic heterocycles. The maximum Gasteiger partial charge on any atom is 0.317 e. The minimum absolute atomic E-state index is 0.0238. The van der Waals surface area contributed by atoms with E-state index < -0.39 is 0 Å². The van der Waals surface area contributed by atoms with Crippen LogP contribution in [0, 0.1) is 0 Å². The largest absolute Gasteiger partial charge is 0.378 e. The van der Waals surface area contributed by atoms with Crippen LogP contribution in [0.25, 0.3) is 0 Å². The Kier molecular flexibility index (Phi) is 5.60. The second-order valence-corrected chi connectivity index (χ2v) is 5.26. The molecule has 3 N–H and O–H groups in total. The Morgan fingerprint density at radius 2 is 2.30 bits per heavy atom. The Balaban J connectivity index is 1.68. The quantitative estimate of drug-likeness (QED) is 0.636. The van der Waals surface area contributed by atoms with Crippen LogP contribution in [0.2, 0.25) is 0 Å². The minimum Gasteiger partial charge on any atom is -0.378 e. The van der Waals surface area contributed by atoms with Gasteiger partial charge in [-0.15, -0.1) is 0 Å². The second-order valence-electron chi connectivity index (χ2n) is 5.26. The summed E-state index contributed by atoms with van der Waals surface area (Å²) in [5.41, 5.74) is 0. The molecule has 0 saturated carbocycles. The standard InChI is InChI=1S/C13H24N4O3/c1-2-14-13(19)17-5-3-10(8-17)16-12(18)7-11-9-20-6-4-15-11/h10-11,15H,2-9H2,1H3,(H,14,19)(H,16,18). The lowest BCUT2D eigenvalue weighted by molar-refractivity contribution is -0.122. The molecule has 0 radical (unpaired) electrons. The molecule has 7 heteroatoms. The second kappa shape index (κ2) is 7.44. The topological polar surface area (TPSA) is 82.7 Å². The third kappa shape index (κ3) is 4.35. The van der Waals surface area contributed by atoms with E-state index in [-0.39, 0.29) is 24.0 Å². The molecule has 2 heterocycles. The first-order chi connectivity index (χ1) is 9.69. The monoisotopic (exact) mass is 284 g/mol. The number of likely N-dealkylation sites (tertiary alicyclic amines) is 1. The van der Waals surface area contributed by atoms with E-state index in [9.17, 15) is 9.59 Å². The van der Waals surface area contributed by atoms with Gasteiger partial charge in [-0.2, -0.15) is 0 Å². The summed E-state index contributed by atoms with van der Waals surface area (Å²) in [6, 6.07) is 0.117. The summed E-state index contributed by atoms with van der Waals surface area (Å²) in [6.07, 6.45) is 1.25. The van der Waals surface area contributed by atoms with Crippen molar-refractivity contribution in [2.45, 2.75) is 31.8 Å². The molecule has 2 atom stereocenters. The lowest BCUT2D eigenvalue weighted by Gasteiger charge is -2.24. The predicted molar refractivity (Wildman–Crippen MR) is 74.4 cm³/mol. The summed E-state index contributed by atoms with van der Waals surface area (Å²) in [7, 11) is 0. The molecule has 114 valence electrons. The number of carbonyl (C=O) groups excluding carboxylic acids is 2. The molecule has 20 heavy (non-hydrogen) atoms. The highest BCUT2D eigenvalue weighted by molar-refractivity contribution is 5.78. The molecule has 2 unspecified atom stereocenters. The minimum atomic E-state index is -0.0494. The number of nitrogens with one attached hydrogen (secondary N) is 3. The first kappa shape index (κ1) is 15.1. The molecule has 0 aromatic carbocycles. The van der Waals surface area contributed by atoms with Gasteiger partial charge in [-0.25, -0.2) is 4.79 Å². The molecule has 0 aliphatic carbocycles. The van der Waals surface area contributed by atoms with Crippen LogP contribution < -0.4 is 16.0 Å². The fourth-order valence-electron chi connectivity index (χ4n) is 2.59. The average Bonchev–Trinajstić information content (AvgIpc) is 2.88. The molecule has 0 spiro atoms. The molecule has 2 saturated heterocycles. The fraction of sp³-hybridized carbons (Fsp3) is 0.846. The van der Waals surface area contributed by atoms with E-state index in [2.05, 4.69) is 16.0 Å². The summed E-state index contributed by atoms with van der Waals surface area (Å²) in [5.74, 6) is 0.0238. The summed E-state index contributed by atoms with van der Waals surface area (Å²) in [4.78, 5) is 25.4. The molecule has 3 amide bonds. The van der Waals surface area contributed by atoms with Crippen molar-refractivity contribution >= 4 is 11.9 Å². The van der Waals surface area contributed by atoms with E-state index in [1.54, 1.807) is 4.90 Å². The first-order valence-corrected chi connectivity index (χ1v) is 7.32. The molecular formula is C13H24N4O3. The molecule has 2 fully saturated rings. The van der Waals surface area contributed by atoms with Crippen molar-refractivity contribution in [3.63, 3.8) is 0 Å². The fourth-order valence-corrected chi connectivity index (χ4v) is 2.59. The smallest absolute Gasteiger partial charge is 0.317 e. The molecule has 0 aromatic rings. The van der Waals surface area contributed by atoms with Crippen LogP contribution in [0.3, 0.4) is 0 Å². The van der Waals surface area contributed by atoms with Crippen LogP contribution >= 0.6 is 0 Å². The van der Waals surface area contributed by atoms with Crippen molar-refractivity contribution < 1.29 is 14.3 Å². The Hall–Kier alpha value is -1.34. The van der Waals surface area contributed by atoms with Crippen molar-refractivity contribution in [1.29, 1.82) is 0 Å². The number of amides is 3. The van der Waals surface area contributed by atoms with Crippen LogP contribution in [-0.4, -0.2) is 68.3 Å². The highest BCUT2D eigenvalue weighted by atomic mass is 16.5. The maximum absolute atomic E-state index is 11.9. The highest BCUT2D eigenvalue weighted by Crippen LogP contribution is 2.09. The number of nitrogens with zero attached hydrogens (tertiary/aromatic N) is 1. The van der Waals surface area contributed by atoms with Crippen LogP contribution in [0.4, 0.5) is 4.79 Å². The number of ether oxygens (including phenoxy) is 1. The van der Waals surface area contributed by atoms with E-state index in [1.807, 2.05) is 6.92 Å². The molecule has 2 rings (SSSR count). The average molecular weight is 284 g/mol. The van der Waals surface area contributed by atoms with Gasteiger partial charge in [0.1, 0.15) is 0 Å². The lowest BCUT2D eigenvalue weighted by atomic mass is 10.1. The van der Waals surface area contributed by atoms with E-state index in [0.717, 1.165) is 13.0 Å². The van der Waals surface area contributed by atoms with E-state index >= 15 is 0 Å². The summed E-state index contributed by atoms with van der Waals surface area (Å²) in [5, 5.41) is 9.03. The van der Waals surface area contributed by atoms with Gasteiger partial charge in [0.15, 0.2) is 0 Å². The van der Waals surface area contributed by atoms with Crippen molar-refractivity contribution in [2.75, 3.05) is 39.4 Å². The molecule has 2 aliphatic heterocycles. The van der Waals surface area contributed by atoms with Gasteiger partial charge >= 0.3 is 6.03 Å². The number of hydrogen-bond acceptors (Lipinski definition) is 4. The van der Waals surface area contributed by atoms with Gasteiger partial charge in [0.25, 0.3) is 0 Å². The molecular weight excluding hydrogens is 260 g/mol. The SMILES string of the molecule is CCNC(=O)N1CCC(NC(=O)CC2COCCN2)C1. The van der Waals surface area contributed by atoms with Gasteiger partial charge in [0, 0.05) is 44.7 Å². The van der Waals surface area contributed by atoms with Gasteiger partial charge in [-0.05, 0) is 13.3 Å². The Morgan fingerprint density at radius 3 is 3.00 bits per heavy atom. The molecule has 2 aliphatic rings. The van der Waals surface area contributed by atoms with E-state index in [1.165, 1.54) is 0 Å². The van der Waals surface area contributed by atoms with Crippen LogP contribution in [-0.2, 0) is 9.53 Å². The third-order valence-electron chi connectivity index (χ3n) is 3.60. The van der Waals surface area contributed by atoms with Crippen LogP contribution in [0.5, 0.6) is 0 Å². The number of urea groups is 1. The molecule has 7 nitrogen and oxygen atoms in total. The Labute approximate surface area is 119 Å². The van der Waals surface area contributed by atoms with E-state index in [4.69, 9.17) is 4.74 Å². The summed E-state index contributed by atoms with van der Waals surface area (Å²) < 4.78 is 5.32. The Bertz CT molecular complexity index is 345. The van der Waals surface area contributed by atoms with Gasteiger partial charge < -0.3 is 25.6 Å². The Morgan fingerprint density at radius 1 is 1.45 bits per heavy atom. The number of carbonyl (C=O) groups is 2. The van der Waals surface area contributed by atoms with Gasteiger partial charge in [-0.3, -0.25) is 4.79 Å². The first-order valence-electron chi connectivity index (χ1n) is 7.32.